The molecule has 8 nitrogen and oxygen atoms in total. The van der Waals surface area contributed by atoms with E-state index >= 15 is 0 Å². The van der Waals surface area contributed by atoms with Crippen molar-refractivity contribution in [2.45, 2.75) is 26.1 Å². The van der Waals surface area contributed by atoms with Crippen molar-refractivity contribution in [1.82, 2.24) is 15.1 Å². The summed E-state index contributed by atoms with van der Waals surface area (Å²) in [5.41, 5.74) is 2.73. The molecule has 0 bridgehead atoms. The molecule has 0 saturated carbocycles. The lowest BCUT2D eigenvalue weighted by Crippen LogP contribution is -2.40. The van der Waals surface area contributed by atoms with Crippen molar-refractivity contribution in [3.05, 3.63) is 59.3 Å². The smallest absolute Gasteiger partial charge is 0.256 e. The van der Waals surface area contributed by atoms with Crippen LogP contribution in [0.15, 0.2) is 52.6 Å². The van der Waals surface area contributed by atoms with Crippen LogP contribution in [0.5, 0.6) is 0 Å². The number of fused-ring (bicyclic) bond motifs is 1. The Balaban J connectivity index is 1.34. The van der Waals surface area contributed by atoms with Gasteiger partial charge in [-0.25, -0.2) is 8.42 Å². The third kappa shape index (κ3) is 5.16. The molecule has 1 fully saturated rings. The van der Waals surface area contributed by atoms with E-state index in [1.165, 1.54) is 5.56 Å². The van der Waals surface area contributed by atoms with Gasteiger partial charge in [0.25, 0.3) is 15.9 Å². The van der Waals surface area contributed by atoms with Gasteiger partial charge in [0.05, 0.1) is 24.0 Å². The van der Waals surface area contributed by atoms with Gasteiger partial charge in [-0.3, -0.25) is 9.69 Å². The Bertz CT molecular complexity index is 1020. The molecule has 9 heteroatoms. The third-order valence-electron chi connectivity index (χ3n) is 5.26. The van der Waals surface area contributed by atoms with Crippen LogP contribution in [0.2, 0.25) is 0 Å². The first-order valence-corrected chi connectivity index (χ1v) is 11.7. The quantitative estimate of drug-likeness (QED) is 0.750. The summed E-state index contributed by atoms with van der Waals surface area (Å²) < 4.78 is 32.5. The highest BCUT2D eigenvalue weighted by atomic mass is 32.2. The molecule has 0 radical (unpaired) electrons. The maximum absolute atomic E-state index is 12.6. The molecule has 1 N–H and O–H groups in total. The van der Waals surface area contributed by atoms with Crippen molar-refractivity contribution in [3.8, 4) is 0 Å². The van der Waals surface area contributed by atoms with Gasteiger partial charge in [-0.1, -0.05) is 24.3 Å². The Morgan fingerprint density at radius 1 is 1.27 bits per heavy atom. The molecule has 160 valence electrons. The number of nitrogens with zero attached hydrogens (tertiary/aromatic N) is 3. The van der Waals surface area contributed by atoms with E-state index in [0.717, 1.165) is 31.8 Å². The molecule has 0 aliphatic carbocycles. The minimum atomic E-state index is -3.40. The molecule has 1 amide bonds. The lowest BCUT2D eigenvalue weighted by Gasteiger charge is -2.31. The second-order valence-corrected chi connectivity index (χ2v) is 9.52. The predicted molar refractivity (Wildman–Crippen MR) is 114 cm³/mol. The Kier molecular flexibility index (Phi) is 6.03. The molecule has 30 heavy (non-hydrogen) atoms. The SMILES string of the molecule is CC1CN(Cc2cccc(CNC(=O)C3=CN4CCS(=O)(=O)N=C4C=C3)c2)CCO1. The van der Waals surface area contributed by atoms with Gasteiger partial charge >= 0.3 is 0 Å². The summed E-state index contributed by atoms with van der Waals surface area (Å²) in [4.78, 5) is 16.6. The predicted octanol–water partition coefficient (Wildman–Crippen LogP) is 1.02. The van der Waals surface area contributed by atoms with Crippen LogP contribution in [0, 0.1) is 0 Å². The minimum absolute atomic E-state index is 0.0511. The van der Waals surface area contributed by atoms with E-state index in [0.29, 0.717) is 24.5 Å². The highest BCUT2D eigenvalue weighted by Crippen LogP contribution is 2.16. The number of hydrogen-bond acceptors (Lipinski definition) is 6. The Morgan fingerprint density at radius 3 is 2.93 bits per heavy atom. The molecule has 1 saturated heterocycles. The van der Waals surface area contributed by atoms with Crippen molar-refractivity contribution in [2.75, 3.05) is 32.0 Å². The fourth-order valence-corrected chi connectivity index (χ4v) is 4.72. The number of carbonyl (C=O) groups excluding carboxylic acids is 1. The first-order valence-electron chi connectivity index (χ1n) is 10.1. The maximum atomic E-state index is 12.6. The first-order chi connectivity index (χ1) is 14.4. The van der Waals surface area contributed by atoms with Crippen LogP contribution in [-0.4, -0.2) is 68.1 Å². The van der Waals surface area contributed by atoms with E-state index in [2.05, 4.69) is 33.7 Å². The van der Waals surface area contributed by atoms with E-state index in [1.54, 1.807) is 23.3 Å². The van der Waals surface area contributed by atoms with Crippen LogP contribution in [-0.2, 0) is 32.6 Å². The van der Waals surface area contributed by atoms with Crippen molar-refractivity contribution in [2.24, 2.45) is 4.40 Å². The summed E-state index contributed by atoms with van der Waals surface area (Å²) in [6.45, 7) is 6.28. The van der Waals surface area contributed by atoms with E-state index in [1.807, 2.05) is 12.1 Å². The molecule has 3 aliphatic rings. The number of carbonyl (C=O) groups is 1. The highest BCUT2D eigenvalue weighted by Gasteiger charge is 2.25. The summed E-state index contributed by atoms with van der Waals surface area (Å²) in [6.07, 6.45) is 5.07. The summed E-state index contributed by atoms with van der Waals surface area (Å²) in [5.74, 6) is 0.0961. The monoisotopic (exact) mass is 430 g/mol. The Morgan fingerprint density at radius 2 is 2.10 bits per heavy atom. The number of ether oxygens (including phenoxy) is 1. The molecule has 1 unspecified atom stereocenters. The number of amidine groups is 1. The fourth-order valence-electron chi connectivity index (χ4n) is 3.75. The molecular formula is C21H26N4O4S. The number of rotatable bonds is 5. The van der Waals surface area contributed by atoms with Gasteiger partial charge < -0.3 is 15.0 Å². The van der Waals surface area contributed by atoms with Crippen molar-refractivity contribution in [1.29, 1.82) is 0 Å². The second-order valence-electron chi connectivity index (χ2n) is 7.77. The van der Waals surface area contributed by atoms with E-state index in [9.17, 15) is 13.2 Å². The minimum Gasteiger partial charge on any atom is -0.376 e. The zero-order valence-electron chi connectivity index (χ0n) is 17.0. The Labute approximate surface area is 177 Å². The van der Waals surface area contributed by atoms with Crippen molar-refractivity contribution >= 4 is 21.8 Å². The topological polar surface area (TPSA) is 91.3 Å². The molecule has 4 rings (SSSR count). The number of benzene rings is 1. The molecular weight excluding hydrogens is 404 g/mol. The molecule has 1 atom stereocenters. The molecule has 1 aromatic rings. The summed E-state index contributed by atoms with van der Waals surface area (Å²) in [6, 6.07) is 8.23. The van der Waals surface area contributed by atoms with Crippen LogP contribution in [0.1, 0.15) is 18.1 Å². The molecule has 3 heterocycles. The molecule has 3 aliphatic heterocycles. The fraction of sp³-hybridized carbons (Fsp3) is 0.429. The van der Waals surface area contributed by atoms with Gasteiger partial charge in [0.15, 0.2) is 0 Å². The van der Waals surface area contributed by atoms with Gasteiger partial charge in [-0.2, -0.15) is 0 Å². The molecule has 1 aromatic carbocycles. The first kappa shape index (κ1) is 20.8. The normalized spacial score (nSPS) is 23.4. The summed E-state index contributed by atoms with van der Waals surface area (Å²) >= 11 is 0. The zero-order chi connectivity index (χ0) is 21.1. The third-order valence-corrected chi connectivity index (χ3v) is 6.43. The van der Waals surface area contributed by atoms with Gasteiger partial charge in [0, 0.05) is 38.9 Å². The van der Waals surface area contributed by atoms with Gasteiger partial charge in [0.1, 0.15) is 5.84 Å². The maximum Gasteiger partial charge on any atom is 0.256 e. The van der Waals surface area contributed by atoms with Gasteiger partial charge in [-0.05, 0) is 30.2 Å². The van der Waals surface area contributed by atoms with Crippen LogP contribution in [0.3, 0.4) is 0 Å². The van der Waals surface area contributed by atoms with Crippen molar-refractivity contribution < 1.29 is 17.9 Å². The Hall–Kier alpha value is -2.49. The summed E-state index contributed by atoms with van der Waals surface area (Å²) in [7, 11) is -3.40. The summed E-state index contributed by atoms with van der Waals surface area (Å²) in [5, 5.41) is 2.94. The largest absolute Gasteiger partial charge is 0.376 e. The van der Waals surface area contributed by atoms with Crippen LogP contribution >= 0.6 is 0 Å². The average Bonchev–Trinajstić information content (AvgIpc) is 2.71. The van der Waals surface area contributed by atoms with Crippen molar-refractivity contribution in [3.63, 3.8) is 0 Å². The second kappa shape index (κ2) is 8.71. The van der Waals surface area contributed by atoms with E-state index in [4.69, 9.17) is 4.74 Å². The molecule has 0 spiro atoms. The molecule has 0 aromatic heterocycles. The van der Waals surface area contributed by atoms with Gasteiger partial charge in [-0.15, -0.1) is 4.40 Å². The number of nitrogens with one attached hydrogen (secondary N) is 1. The van der Waals surface area contributed by atoms with Gasteiger partial charge in [0.2, 0.25) is 0 Å². The van der Waals surface area contributed by atoms with Crippen LogP contribution in [0.4, 0.5) is 0 Å². The average molecular weight is 431 g/mol. The number of morpholine rings is 1. The highest BCUT2D eigenvalue weighted by molar-refractivity contribution is 7.90. The number of hydrogen-bond donors (Lipinski definition) is 1. The van der Waals surface area contributed by atoms with E-state index < -0.39 is 10.0 Å². The lowest BCUT2D eigenvalue weighted by atomic mass is 10.1. The number of amides is 1. The van der Waals surface area contributed by atoms with Crippen LogP contribution < -0.4 is 5.32 Å². The zero-order valence-corrected chi connectivity index (χ0v) is 17.8. The van der Waals surface area contributed by atoms with E-state index in [-0.39, 0.29) is 17.8 Å². The van der Waals surface area contributed by atoms with Crippen LogP contribution in [0.25, 0.3) is 0 Å². The lowest BCUT2D eigenvalue weighted by molar-refractivity contribution is -0.117. The number of sulfonamides is 1. The standard InChI is InChI=1S/C21H26N4O4S/c1-16-13-24(7-9-29-16)14-18-4-2-3-17(11-18)12-22-21(26)19-5-6-20-23-30(27,28)10-8-25(20)15-19/h2-6,11,15-16H,7-10,12-14H2,1H3,(H,22,26).